The van der Waals surface area contributed by atoms with Gasteiger partial charge >= 0.3 is 0 Å². The lowest BCUT2D eigenvalue weighted by Crippen LogP contribution is -2.14. The van der Waals surface area contributed by atoms with Gasteiger partial charge in [0.05, 0.1) is 14.2 Å². The fourth-order valence-electron chi connectivity index (χ4n) is 1.87. The zero-order valence-electron chi connectivity index (χ0n) is 13.4. The van der Waals surface area contributed by atoms with Crippen LogP contribution in [0.1, 0.15) is 23.7 Å². The number of carbonyl (C=O) groups is 1. The van der Waals surface area contributed by atoms with Crippen molar-refractivity contribution in [2.24, 2.45) is 0 Å². The predicted molar refractivity (Wildman–Crippen MR) is 88.3 cm³/mol. The van der Waals surface area contributed by atoms with Gasteiger partial charge in [-0.1, -0.05) is 6.92 Å². The maximum atomic E-state index is 12.3. The molecule has 0 aliphatic heterocycles. The Morgan fingerprint density at radius 3 is 2.17 bits per heavy atom. The maximum Gasteiger partial charge on any atom is 0.257 e. The van der Waals surface area contributed by atoms with E-state index in [2.05, 4.69) is 27.8 Å². The molecule has 23 heavy (non-hydrogen) atoms. The van der Waals surface area contributed by atoms with Crippen molar-refractivity contribution in [1.29, 1.82) is 0 Å². The van der Waals surface area contributed by atoms with Gasteiger partial charge in [-0.05, 0) is 30.7 Å². The number of anilines is 2. The Balaban J connectivity index is 2.09. The zero-order chi connectivity index (χ0) is 16.7. The number of aromatic nitrogens is 2. The quantitative estimate of drug-likeness (QED) is 0.816. The van der Waals surface area contributed by atoms with Crippen LogP contribution in [0.5, 0.6) is 11.5 Å². The number of nitrogens with one attached hydrogen (secondary N) is 2. The third kappa shape index (κ3) is 4.57. The van der Waals surface area contributed by atoms with Crippen LogP contribution in [-0.4, -0.2) is 36.9 Å². The average Bonchev–Trinajstić information content (AvgIpc) is 2.60. The fraction of sp³-hybridized carbons (Fsp3) is 0.312. The minimum absolute atomic E-state index is 0.314. The molecular weight excluding hydrogens is 296 g/mol. The molecule has 2 aromatic rings. The van der Waals surface area contributed by atoms with E-state index >= 15 is 0 Å². The Kier molecular flexibility index (Phi) is 5.74. The Morgan fingerprint density at radius 1 is 1.04 bits per heavy atom. The molecule has 1 heterocycles. The van der Waals surface area contributed by atoms with E-state index in [0.29, 0.717) is 28.7 Å². The molecule has 0 aliphatic rings. The highest BCUT2D eigenvalue weighted by Crippen LogP contribution is 2.23. The first-order valence-electron chi connectivity index (χ1n) is 7.28. The summed E-state index contributed by atoms with van der Waals surface area (Å²) in [6, 6.07) is 8.42. The van der Waals surface area contributed by atoms with Crippen LogP contribution >= 0.6 is 0 Å². The SMILES string of the molecule is CCCNc1ccc(NC(=O)c2cc(OC)cc(OC)c2)nn1. The van der Waals surface area contributed by atoms with Crippen molar-refractivity contribution in [2.45, 2.75) is 13.3 Å². The molecule has 0 unspecified atom stereocenters. The minimum Gasteiger partial charge on any atom is -0.497 e. The van der Waals surface area contributed by atoms with Crippen LogP contribution in [0.3, 0.4) is 0 Å². The van der Waals surface area contributed by atoms with Crippen LogP contribution in [0.2, 0.25) is 0 Å². The first kappa shape index (κ1) is 16.5. The highest BCUT2D eigenvalue weighted by atomic mass is 16.5. The predicted octanol–water partition coefficient (Wildman–Crippen LogP) is 2.57. The average molecular weight is 316 g/mol. The van der Waals surface area contributed by atoms with E-state index in [1.165, 1.54) is 14.2 Å². The molecule has 0 saturated heterocycles. The van der Waals surface area contributed by atoms with Crippen molar-refractivity contribution < 1.29 is 14.3 Å². The van der Waals surface area contributed by atoms with E-state index in [9.17, 15) is 4.79 Å². The normalized spacial score (nSPS) is 10.0. The van der Waals surface area contributed by atoms with E-state index in [-0.39, 0.29) is 5.91 Å². The van der Waals surface area contributed by atoms with E-state index in [4.69, 9.17) is 9.47 Å². The van der Waals surface area contributed by atoms with Gasteiger partial charge in [-0.3, -0.25) is 4.79 Å². The molecule has 0 radical (unpaired) electrons. The number of methoxy groups -OCH3 is 2. The molecule has 0 saturated carbocycles. The molecule has 2 rings (SSSR count). The van der Waals surface area contributed by atoms with Gasteiger partial charge in [0, 0.05) is 18.2 Å². The van der Waals surface area contributed by atoms with Crippen molar-refractivity contribution in [1.82, 2.24) is 10.2 Å². The lowest BCUT2D eigenvalue weighted by molar-refractivity contribution is 0.102. The van der Waals surface area contributed by atoms with Gasteiger partial charge in [-0.15, -0.1) is 10.2 Å². The standard InChI is InChI=1S/C16H20N4O3/c1-4-7-17-14-5-6-15(20-19-14)18-16(21)11-8-12(22-2)10-13(9-11)23-3/h5-6,8-10H,4,7H2,1-3H3,(H,17,19)(H,18,20,21). The second-order valence-corrected chi connectivity index (χ2v) is 4.79. The molecule has 122 valence electrons. The summed E-state index contributed by atoms with van der Waals surface area (Å²) in [4.78, 5) is 12.3. The van der Waals surface area contributed by atoms with Crippen molar-refractivity contribution in [2.75, 3.05) is 31.4 Å². The number of hydrogen-bond donors (Lipinski definition) is 2. The first-order valence-corrected chi connectivity index (χ1v) is 7.28. The molecule has 0 atom stereocenters. The van der Waals surface area contributed by atoms with Gasteiger partial charge in [0.25, 0.3) is 5.91 Å². The van der Waals surface area contributed by atoms with Crippen molar-refractivity contribution in [3.8, 4) is 11.5 Å². The second-order valence-electron chi connectivity index (χ2n) is 4.79. The Labute approximate surface area is 135 Å². The summed E-state index contributed by atoms with van der Waals surface area (Å²) < 4.78 is 10.3. The smallest absolute Gasteiger partial charge is 0.257 e. The second kappa shape index (κ2) is 7.98. The van der Waals surface area contributed by atoms with Crippen LogP contribution in [0.4, 0.5) is 11.6 Å². The first-order chi connectivity index (χ1) is 11.2. The van der Waals surface area contributed by atoms with Gasteiger partial charge in [-0.25, -0.2) is 0 Å². The van der Waals surface area contributed by atoms with Crippen LogP contribution in [0.25, 0.3) is 0 Å². The molecule has 0 fully saturated rings. The fourth-order valence-corrected chi connectivity index (χ4v) is 1.87. The largest absolute Gasteiger partial charge is 0.497 e. The number of hydrogen-bond acceptors (Lipinski definition) is 6. The molecule has 0 aliphatic carbocycles. The number of amides is 1. The van der Waals surface area contributed by atoms with Crippen molar-refractivity contribution in [3.05, 3.63) is 35.9 Å². The highest BCUT2D eigenvalue weighted by molar-refractivity contribution is 6.04. The van der Waals surface area contributed by atoms with Crippen LogP contribution < -0.4 is 20.1 Å². The van der Waals surface area contributed by atoms with Crippen molar-refractivity contribution >= 4 is 17.5 Å². The monoisotopic (exact) mass is 316 g/mol. The summed E-state index contributed by atoms with van der Waals surface area (Å²) in [6.07, 6.45) is 0.998. The molecule has 1 amide bonds. The lowest BCUT2D eigenvalue weighted by atomic mass is 10.2. The van der Waals surface area contributed by atoms with E-state index in [1.54, 1.807) is 30.3 Å². The van der Waals surface area contributed by atoms with Gasteiger partial charge < -0.3 is 20.1 Å². The Morgan fingerprint density at radius 2 is 1.65 bits per heavy atom. The Hall–Kier alpha value is -2.83. The van der Waals surface area contributed by atoms with E-state index in [1.807, 2.05) is 0 Å². The number of ether oxygens (including phenoxy) is 2. The topological polar surface area (TPSA) is 85.4 Å². The third-order valence-corrected chi connectivity index (χ3v) is 3.08. The van der Waals surface area contributed by atoms with Gasteiger partial charge in [0.2, 0.25) is 0 Å². The highest BCUT2D eigenvalue weighted by Gasteiger charge is 2.11. The van der Waals surface area contributed by atoms with Crippen molar-refractivity contribution in [3.63, 3.8) is 0 Å². The van der Waals surface area contributed by atoms with Gasteiger partial charge in [-0.2, -0.15) is 0 Å². The summed E-state index contributed by atoms with van der Waals surface area (Å²) in [5, 5.41) is 13.8. The minimum atomic E-state index is -0.314. The summed E-state index contributed by atoms with van der Waals surface area (Å²) in [6.45, 7) is 2.89. The third-order valence-electron chi connectivity index (χ3n) is 3.08. The molecule has 2 N–H and O–H groups in total. The summed E-state index contributed by atoms with van der Waals surface area (Å²) >= 11 is 0. The molecule has 0 spiro atoms. The van der Waals surface area contributed by atoms with Crippen LogP contribution in [-0.2, 0) is 0 Å². The number of benzene rings is 1. The lowest BCUT2D eigenvalue weighted by Gasteiger charge is -2.09. The number of rotatable bonds is 7. The molecular formula is C16H20N4O3. The number of carbonyl (C=O) groups excluding carboxylic acids is 1. The van der Waals surface area contributed by atoms with Crippen LogP contribution in [0.15, 0.2) is 30.3 Å². The van der Waals surface area contributed by atoms with Crippen LogP contribution in [0, 0.1) is 0 Å². The molecule has 1 aromatic carbocycles. The summed E-state index contributed by atoms with van der Waals surface area (Å²) in [5.74, 6) is 1.82. The summed E-state index contributed by atoms with van der Waals surface area (Å²) in [7, 11) is 3.06. The maximum absolute atomic E-state index is 12.3. The van der Waals surface area contributed by atoms with Gasteiger partial charge in [0.15, 0.2) is 5.82 Å². The van der Waals surface area contributed by atoms with E-state index < -0.39 is 0 Å². The van der Waals surface area contributed by atoms with E-state index in [0.717, 1.165) is 13.0 Å². The zero-order valence-corrected chi connectivity index (χ0v) is 13.4. The number of nitrogens with zero attached hydrogens (tertiary/aromatic N) is 2. The van der Waals surface area contributed by atoms with Gasteiger partial charge in [0.1, 0.15) is 17.3 Å². The molecule has 7 heteroatoms. The molecule has 1 aromatic heterocycles. The molecule has 7 nitrogen and oxygen atoms in total. The molecule has 0 bridgehead atoms. The Bertz CT molecular complexity index is 637. The summed E-state index contributed by atoms with van der Waals surface area (Å²) in [5.41, 5.74) is 0.413.